The molecule has 6 nitrogen and oxygen atoms in total. The first kappa shape index (κ1) is 25.9. The van der Waals surface area contributed by atoms with Crippen molar-refractivity contribution in [3.05, 3.63) is 87.9 Å². The van der Waals surface area contributed by atoms with Crippen LogP contribution in [0.2, 0.25) is 0 Å². The number of amides is 2. The first-order chi connectivity index (χ1) is 17.5. The van der Waals surface area contributed by atoms with Gasteiger partial charge in [0.05, 0.1) is 17.3 Å². The first-order valence-electron chi connectivity index (χ1n) is 12.5. The number of benzene rings is 2. The van der Waals surface area contributed by atoms with Gasteiger partial charge in [0.2, 0.25) is 0 Å². The molecule has 1 aromatic heterocycles. The topological polar surface area (TPSA) is 55.9 Å². The molecule has 2 heterocycles. The van der Waals surface area contributed by atoms with Crippen molar-refractivity contribution in [1.29, 1.82) is 0 Å². The molecule has 36 heavy (non-hydrogen) atoms. The quantitative estimate of drug-likeness (QED) is 0.405. The summed E-state index contributed by atoms with van der Waals surface area (Å²) in [6, 6.07) is 15.5. The van der Waals surface area contributed by atoms with Crippen LogP contribution < -0.4 is 10.4 Å². The largest absolute Gasteiger partial charge is 0.339 e. The minimum atomic E-state index is -0.555. The number of rotatable bonds is 9. The van der Waals surface area contributed by atoms with E-state index in [9.17, 15) is 14.0 Å². The molecule has 2 amide bonds. The van der Waals surface area contributed by atoms with Crippen LogP contribution in [-0.4, -0.2) is 53.8 Å². The van der Waals surface area contributed by atoms with Gasteiger partial charge in [-0.1, -0.05) is 12.1 Å². The monoisotopic (exact) mass is 508 g/mol. The number of hydrazine groups is 1. The summed E-state index contributed by atoms with van der Waals surface area (Å²) in [7, 11) is 0. The van der Waals surface area contributed by atoms with Crippen molar-refractivity contribution in [3.8, 4) is 0 Å². The van der Waals surface area contributed by atoms with Gasteiger partial charge in [0.25, 0.3) is 11.8 Å². The second-order valence-corrected chi connectivity index (χ2v) is 9.73. The van der Waals surface area contributed by atoms with Crippen LogP contribution in [0.15, 0.2) is 65.4 Å². The summed E-state index contributed by atoms with van der Waals surface area (Å²) in [4.78, 5) is 30.0. The predicted octanol–water partition coefficient (Wildman–Crippen LogP) is 5.19. The fraction of sp³-hybridized carbons (Fsp3) is 0.357. The van der Waals surface area contributed by atoms with Crippen molar-refractivity contribution in [2.45, 2.75) is 39.3 Å². The van der Waals surface area contributed by atoms with Crippen LogP contribution in [0.4, 0.5) is 10.1 Å². The zero-order chi connectivity index (χ0) is 25.5. The Morgan fingerprint density at radius 1 is 1.03 bits per heavy atom. The van der Waals surface area contributed by atoms with Crippen molar-refractivity contribution in [3.63, 3.8) is 0 Å². The lowest BCUT2D eigenvalue weighted by atomic mass is 10.0. The minimum absolute atomic E-state index is 0.00530. The Hall–Kier alpha value is -3.23. The van der Waals surface area contributed by atoms with E-state index < -0.39 is 11.7 Å². The number of nitrogens with one attached hydrogen (secondary N) is 1. The molecule has 0 aliphatic carbocycles. The third-order valence-electron chi connectivity index (χ3n) is 6.69. The van der Waals surface area contributed by atoms with Gasteiger partial charge in [-0.05, 0) is 85.5 Å². The van der Waals surface area contributed by atoms with Crippen LogP contribution in [0.25, 0.3) is 0 Å². The molecule has 0 spiro atoms. The van der Waals surface area contributed by atoms with Crippen molar-refractivity contribution >= 4 is 28.8 Å². The molecular weight excluding hydrogens is 475 g/mol. The fourth-order valence-electron chi connectivity index (χ4n) is 4.62. The number of piperidine rings is 1. The molecule has 4 rings (SSSR count). The number of carbonyl (C=O) groups is 2. The predicted molar refractivity (Wildman–Crippen MR) is 143 cm³/mol. The normalized spacial score (nSPS) is 14.4. The number of carbonyl (C=O) groups excluding carboxylic acids is 2. The van der Waals surface area contributed by atoms with Crippen LogP contribution in [0.3, 0.4) is 0 Å². The van der Waals surface area contributed by atoms with E-state index in [-0.39, 0.29) is 17.5 Å². The number of hydrogen-bond acceptors (Lipinski definition) is 5. The van der Waals surface area contributed by atoms with Gasteiger partial charge >= 0.3 is 0 Å². The van der Waals surface area contributed by atoms with Gasteiger partial charge in [0, 0.05) is 38.3 Å². The van der Waals surface area contributed by atoms with Crippen LogP contribution >= 0.6 is 11.3 Å². The molecule has 1 saturated heterocycles. The molecule has 0 unspecified atom stereocenters. The maximum atomic E-state index is 14.3. The summed E-state index contributed by atoms with van der Waals surface area (Å²) < 4.78 is 14.3. The summed E-state index contributed by atoms with van der Waals surface area (Å²) in [6.45, 7) is 7.91. The van der Waals surface area contributed by atoms with Gasteiger partial charge in [0.1, 0.15) is 5.82 Å². The molecule has 0 radical (unpaired) electrons. The molecule has 8 heteroatoms. The third-order valence-corrected chi connectivity index (χ3v) is 7.42. The molecule has 1 aliphatic heterocycles. The Morgan fingerprint density at radius 3 is 2.33 bits per heavy atom. The molecule has 3 aromatic rings. The SMILES string of the molecule is CCN(CC)C(=O)c1ccc(N(NC(=O)c2ccccc2F)C2CCN(Cc3ccsc3)CC2)cc1. The molecule has 2 aromatic carbocycles. The van der Waals surface area contributed by atoms with Gasteiger partial charge in [-0.15, -0.1) is 0 Å². The summed E-state index contributed by atoms with van der Waals surface area (Å²) >= 11 is 1.70. The standard InChI is InChI=1S/C28H33FN4O2S/c1-3-32(4-2)28(35)22-9-11-23(12-10-22)33(30-27(34)25-7-5-6-8-26(25)29)24-13-16-31(17-14-24)19-21-15-18-36-20-21/h5-12,15,18,20,24H,3-4,13-14,16-17,19H2,1-2H3,(H,30,34). The molecule has 0 saturated carbocycles. The highest BCUT2D eigenvalue weighted by atomic mass is 32.1. The number of halogens is 1. The van der Waals surface area contributed by atoms with E-state index in [0.717, 1.165) is 38.2 Å². The van der Waals surface area contributed by atoms with E-state index in [4.69, 9.17) is 0 Å². The molecule has 190 valence electrons. The highest BCUT2D eigenvalue weighted by Gasteiger charge is 2.27. The Morgan fingerprint density at radius 2 is 1.72 bits per heavy atom. The number of thiophene rings is 1. The molecule has 1 aliphatic rings. The number of anilines is 1. The number of nitrogens with zero attached hydrogens (tertiary/aromatic N) is 3. The van der Waals surface area contributed by atoms with E-state index >= 15 is 0 Å². The van der Waals surface area contributed by atoms with Gasteiger partial charge in [-0.25, -0.2) is 4.39 Å². The summed E-state index contributed by atoms with van der Waals surface area (Å²) in [5.74, 6) is -1.06. The molecule has 0 atom stereocenters. The maximum absolute atomic E-state index is 14.3. The van der Waals surface area contributed by atoms with Crippen molar-refractivity contribution in [2.24, 2.45) is 0 Å². The van der Waals surface area contributed by atoms with Crippen LogP contribution in [0.1, 0.15) is 53.0 Å². The lowest BCUT2D eigenvalue weighted by molar-refractivity contribution is 0.0772. The van der Waals surface area contributed by atoms with Gasteiger partial charge in [-0.3, -0.25) is 24.9 Å². The van der Waals surface area contributed by atoms with E-state index in [2.05, 4.69) is 27.2 Å². The number of likely N-dealkylation sites (tertiary alicyclic amines) is 1. The smallest absolute Gasteiger partial charge is 0.272 e. The lowest BCUT2D eigenvalue weighted by Gasteiger charge is -2.39. The molecule has 0 bridgehead atoms. The van der Waals surface area contributed by atoms with Crippen LogP contribution in [-0.2, 0) is 6.54 Å². The summed E-state index contributed by atoms with van der Waals surface area (Å²) in [6.07, 6.45) is 1.70. The van der Waals surface area contributed by atoms with Crippen LogP contribution in [0, 0.1) is 5.82 Å². The zero-order valence-electron chi connectivity index (χ0n) is 20.8. The van der Waals surface area contributed by atoms with Crippen LogP contribution in [0.5, 0.6) is 0 Å². The second kappa shape index (κ2) is 12.1. The van der Waals surface area contributed by atoms with Crippen molar-refractivity contribution < 1.29 is 14.0 Å². The average Bonchev–Trinajstić information content (AvgIpc) is 3.42. The maximum Gasteiger partial charge on any atom is 0.272 e. The van der Waals surface area contributed by atoms with E-state index in [1.54, 1.807) is 40.5 Å². The third kappa shape index (κ3) is 6.12. The van der Waals surface area contributed by atoms with Gasteiger partial charge in [0.15, 0.2) is 0 Å². The first-order valence-corrected chi connectivity index (χ1v) is 13.4. The summed E-state index contributed by atoms with van der Waals surface area (Å²) in [5.41, 5.74) is 5.65. The Labute approximate surface area is 216 Å². The average molecular weight is 509 g/mol. The Kier molecular flexibility index (Phi) is 8.72. The van der Waals surface area contributed by atoms with Crippen molar-refractivity contribution in [1.82, 2.24) is 15.2 Å². The minimum Gasteiger partial charge on any atom is -0.339 e. The lowest BCUT2D eigenvalue weighted by Crippen LogP contribution is -2.53. The highest BCUT2D eigenvalue weighted by Crippen LogP contribution is 2.25. The summed E-state index contributed by atoms with van der Waals surface area (Å²) in [5, 5.41) is 6.12. The molecular formula is C28H33FN4O2S. The Bertz CT molecular complexity index is 1140. The Balaban J connectivity index is 1.52. The number of hydrogen-bond donors (Lipinski definition) is 1. The zero-order valence-corrected chi connectivity index (χ0v) is 21.6. The highest BCUT2D eigenvalue weighted by molar-refractivity contribution is 7.07. The van der Waals surface area contributed by atoms with E-state index in [1.807, 2.05) is 31.0 Å². The van der Waals surface area contributed by atoms with E-state index in [1.165, 1.54) is 17.7 Å². The molecule has 1 N–H and O–H groups in total. The fourth-order valence-corrected chi connectivity index (χ4v) is 5.28. The van der Waals surface area contributed by atoms with Gasteiger partial charge < -0.3 is 4.90 Å². The van der Waals surface area contributed by atoms with Crippen molar-refractivity contribution in [2.75, 3.05) is 31.2 Å². The van der Waals surface area contributed by atoms with Gasteiger partial charge in [-0.2, -0.15) is 11.3 Å². The second-order valence-electron chi connectivity index (χ2n) is 8.95. The van der Waals surface area contributed by atoms with E-state index in [0.29, 0.717) is 18.7 Å². The molecule has 1 fully saturated rings.